The molecule has 0 radical (unpaired) electrons. The topological polar surface area (TPSA) is 49.3 Å². The standard InChI is InChI=1S/C18H20FNO2/c1-13(15-5-3-2-4-6-15)9-18(22)20-11-14-7-8-17(19)16(10-14)12-21/h2-8,10,13,21H,9,11-12H2,1H3,(H,20,22). The minimum atomic E-state index is -0.435. The van der Waals surface area contributed by atoms with E-state index in [9.17, 15) is 9.18 Å². The summed E-state index contributed by atoms with van der Waals surface area (Å²) in [4.78, 5) is 12.0. The summed E-state index contributed by atoms with van der Waals surface area (Å²) in [5.41, 5.74) is 2.14. The zero-order valence-electron chi connectivity index (χ0n) is 12.6. The Balaban J connectivity index is 1.88. The maximum absolute atomic E-state index is 13.3. The highest BCUT2D eigenvalue weighted by Crippen LogP contribution is 2.18. The maximum atomic E-state index is 13.3. The molecular weight excluding hydrogens is 281 g/mol. The van der Waals surface area contributed by atoms with Gasteiger partial charge >= 0.3 is 0 Å². The molecular formula is C18H20FNO2. The van der Waals surface area contributed by atoms with Crippen LogP contribution < -0.4 is 5.32 Å². The molecule has 1 unspecified atom stereocenters. The fraction of sp³-hybridized carbons (Fsp3) is 0.278. The second-order valence-electron chi connectivity index (χ2n) is 5.38. The van der Waals surface area contributed by atoms with Gasteiger partial charge in [-0.15, -0.1) is 0 Å². The van der Waals surface area contributed by atoms with Crippen molar-refractivity contribution in [3.63, 3.8) is 0 Å². The summed E-state index contributed by atoms with van der Waals surface area (Å²) in [5.74, 6) is -0.344. The fourth-order valence-electron chi connectivity index (χ4n) is 2.31. The number of carbonyl (C=O) groups is 1. The first kappa shape index (κ1) is 16.2. The Morgan fingerprint density at radius 1 is 1.23 bits per heavy atom. The largest absolute Gasteiger partial charge is 0.392 e. The van der Waals surface area contributed by atoms with Crippen LogP contribution in [0.15, 0.2) is 48.5 Å². The van der Waals surface area contributed by atoms with Crippen molar-refractivity contribution in [3.05, 3.63) is 71.0 Å². The van der Waals surface area contributed by atoms with E-state index >= 15 is 0 Å². The molecule has 0 aliphatic carbocycles. The van der Waals surface area contributed by atoms with Gasteiger partial charge < -0.3 is 10.4 Å². The van der Waals surface area contributed by atoms with Crippen LogP contribution in [0.2, 0.25) is 0 Å². The van der Waals surface area contributed by atoms with Crippen LogP contribution in [0, 0.1) is 5.82 Å². The molecule has 0 saturated heterocycles. The molecule has 0 aliphatic rings. The Hall–Kier alpha value is -2.20. The molecule has 0 spiro atoms. The second-order valence-corrected chi connectivity index (χ2v) is 5.38. The monoisotopic (exact) mass is 301 g/mol. The van der Waals surface area contributed by atoms with E-state index in [1.807, 2.05) is 37.3 Å². The molecule has 3 nitrogen and oxygen atoms in total. The first-order chi connectivity index (χ1) is 10.6. The molecule has 0 aliphatic heterocycles. The van der Waals surface area contributed by atoms with Crippen molar-refractivity contribution < 1.29 is 14.3 Å². The average molecular weight is 301 g/mol. The number of aliphatic hydroxyl groups excluding tert-OH is 1. The van der Waals surface area contributed by atoms with Crippen LogP contribution >= 0.6 is 0 Å². The molecule has 0 heterocycles. The van der Waals surface area contributed by atoms with Crippen molar-refractivity contribution in [2.75, 3.05) is 0 Å². The van der Waals surface area contributed by atoms with Crippen LogP contribution in [0.4, 0.5) is 4.39 Å². The van der Waals surface area contributed by atoms with Crippen molar-refractivity contribution >= 4 is 5.91 Å². The minimum Gasteiger partial charge on any atom is -0.392 e. The van der Waals surface area contributed by atoms with Crippen LogP contribution in [0.3, 0.4) is 0 Å². The first-order valence-electron chi connectivity index (χ1n) is 7.30. The molecule has 0 bridgehead atoms. The molecule has 2 aromatic carbocycles. The van der Waals surface area contributed by atoms with E-state index in [0.29, 0.717) is 13.0 Å². The molecule has 2 aromatic rings. The third-order valence-electron chi connectivity index (χ3n) is 3.63. The van der Waals surface area contributed by atoms with Crippen LogP contribution in [0.25, 0.3) is 0 Å². The summed E-state index contributed by atoms with van der Waals surface area (Å²) in [5, 5.41) is 11.9. The Labute approximate surface area is 129 Å². The molecule has 0 aromatic heterocycles. The average Bonchev–Trinajstić information content (AvgIpc) is 2.55. The van der Waals surface area contributed by atoms with Crippen molar-refractivity contribution in [1.29, 1.82) is 0 Å². The fourth-order valence-corrected chi connectivity index (χ4v) is 2.31. The van der Waals surface area contributed by atoms with Gasteiger partial charge in [0, 0.05) is 18.5 Å². The van der Waals surface area contributed by atoms with E-state index in [-0.39, 0.29) is 24.0 Å². The number of rotatable bonds is 6. The summed E-state index contributed by atoms with van der Waals surface area (Å²) in [6.07, 6.45) is 0.401. The number of nitrogens with one attached hydrogen (secondary N) is 1. The van der Waals surface area contributed by atoms with Gasteiger partial charge in [-0.2, -0.15) is 0 Å². The van der Waals surface area contributed by atoms with Crippen molar-refractivity contribution in [3.8, 4) is 0 Å². The highest BCUT2D eigenvalue weighted by molar-refractivity contribution is 5.76. The highest BCUT2D eigenvalue weighted by Gasteiger charge is 2.11. The van der Waals surface area contributed by atoms with E-state index < -0.39 is 5.82 Å². The molecule has 1 amide bonds. The Kier molecular flexibility index (Phi) is 5.67. The first-order valence-corrected chi connectivity index (χ1v) is 7.30. The third-order valence-corrected chi connectivity index (χ3v) is 3.63. The van der Waals surface area contributed by atoms with Gasteiger partial charge in [-0.1, -0.05) is 43.3 Å². The van der Waals surface area contributed by atoms with Crippen LogP contribution in [-0.4, -0.2) is 11.0 Å². The molecule has 0 fully saturated rings. The van der Waals surface area contributed by atoms with E-state index in [1.165, 1.54) is 6.07 Å². The number of carbonyl (C=O) groups excluding carboxylic acids is 1. The number of hydrogen-bond donors (Lipinski definition) is 2. The zero-order valence-corrected chi connectivity index (χ0v) is 12.6. The highest BCUT2D eigenvalue weighted by atomic mass is 19.1. The van der Waals surface area contributed by atoms with E-state index in [2.05, 4.69) is 5.32 Å². The lowest BCUT2D eigenvalue weighted by Crippen LogP contribution is -2.24. The Bertz CT molecular complexity index is 628. The summed E-state index contributed by atoms with van der Waals surface area (Å²) in [6, 6.07) is 14.4. The van der Waals surface area contributed by atoms with Gasteiger partial charge in [-0.25, -0.2) is 4.39 Å². The lowest BCUT2D eigenvalue weighted by Gasteiger charge is -2.12. The zero-order chi connectivity index (χ0) is 15.9. The predicted molar refractivity (Wildman–Crippen MR) is 83.6 cm³/mol. The Morgan fingerprint density at radius 2 is 1.95 bits per heavy atom. The maximum Gasteiger partial charge on any atom is 0.220 e. The van der Waals surface area contributed by atoms with E-state index in [0.717, 1.165) is 11.1 Å². The normalized spacial score (nSPS) is 12.0. The number of aliphatic hydroxyl groups is 1. The van der Waals surface area contributed by atoms with Gasteiger partial charge in [0.1, 0.15) is 5.82 Å². The van der Waals surface area contributed by atoms with Gasteiger partial charge in [0.2, 0.25) is 5.91 Å². The van der Waals surface area contributed by atoms with Crippen LogP contribution in [0.1, 0.15) is 36.0 Å². The molecule has 22 heavy (non-hydrogen) atoms. The van der Waals surface area contributed by atoms with Crippen LogP contribution in [-0.2, 0) is 17.9 Å². The Morgan fingerprint density at radius 3 is 2.64 bits per heavy atom. The predicted octanol–water partition coefficient (Wildman–Crippen LogP) is 3.13. The number of benzene rings is 2. The summed E-state index contributed by atoms with van der Waals surface area (Å²) in [6.45, 7) is 1.99. The SMILES string of the molecule is CC(CC(=O)NCc1ccc(F)c(CO)c1)c1ccccc1. The molecule has 4 heteroatoms. The molecule has 2 N–H and O–H groups in total. The summed E-state index contributed by atoms with van der Waals surface area (Å²) < 4.78 is 13.3. The van der Waals surface area contributed by atoms with Gasteiger partial charge in [0.25, 0.3) is 0 Å². The summed E-state index contributed by atoms with van der Waals surface area (Å²) >= 11 is 0. The van der Waals surface area contributed by atoms with Gasteiger partial charge in [0.05, 0.1) is 6.61 Å². The quantitative estimate of drug-likeness (QED) is 0.861. The van der Waals surface area contributed by atoms with Crippen molar-refractivity contribution in [1.82, 2.24) is 5.32 Å². The number of hydrogen-bond acceptors (Lipinski definition) is 2. The van der Waals surface area contributed by atoms with Crippen molar-refractivity contribution in [2.24, 2.45) is 0 Å². The van der Waals surface area contributed by atoms with E-state index in [1.54, 1.807) is 12.1 Å². The van der Waals surface area contributed by atoms with E-state index in [4.69, 9.17) is 5.11 Å². The van der Waals surface area contributed by atoms with Gasteiger partial charge in [-0.3, -0.25) is 4.79 Å². The molecule has 2 rings (SSSR count). The third kappa shape index (κ3) is 4.40. The number of halogens is 1. The second kappa shape index (κ2) is 7.71. The number of amides is 1. The molecule has 0 saturated carbocycles. The molecule has 116 valence electrons. The lowest BCUT2D eigenvalue weighted by atomic mass is 9.97. The minimum absolute atomic E-state index is 0.0498. The molecule has 1 atom stereocenters. The van der Waals surface area contributed by atoms with Gasteiger partial charge in [-0.05, 0) is 29.2 Å². The van der Waals surface area contributed by atoms with Crippen LogP contribution in [0.5, 0.6) is 0 Å². The van der Waals surface area contributed by atoms with Crippen molar-refractivity contribution in [2.45, 2.75) is 32.4 Å². The van der Waals surface area contributed by atoms with Gasteiger partial charge in [0.15, 0.2) is 0 Å². The smallest absolute Gasteiger partial charge is 0.220 e. The lowest BCUT2D eigenvalue weighted by molar-refractivity contribution is -0.121. The summed E-state index contributed by atoms with van der Waals surface area (Å²) in [7, 11) is 0.